The summed E-state index contributed by atoms with van der Waals surface area (Å²) in [5, 5.41) is 3.43. The predicted molar refractivity (Wildman–Crippen MR) is 113 cm³/mol. The first-order chi connectivity index (χ1) is 11.6. The van der Waals surface area contributed by atoms with Crippen molar-refractivity contribution in [3.05, 3.63) is 59.2 Å². The van der Waals surface area contributed by atoms with Gasteiger partial charge in [0.25, 0.3) is 0 Å². The number of hydrogen-bond donors (Lipinski definition) is 1. The largest absolute Gasteiger partial charge is 0.493 e. The fourth-order valence-corrected chi connectivity index (χ4v) is 2.44. The van der Waals surface area contributed by atoms with Gasteiger partial charge in [0.15, 0.2) is 11.5 Å². The Morgan fingerprint density at radius 3 is 2.38 bits per heavy atom. The molecule has 0 spiro atoms. The predicted octanol–water partition coefficient (Wildman–Crippen LogP) is 4.08. The van der Waals surface area contributed by atoms with E-state index in [1.165, 1.54) is 11.1 Å². The van der Waals surface area contributed by atoms with Crippen molar-refractivity contribution in [1.29, 1.82) is 0 Å². The SMILES string of the molecule is COc1cc(CNCCN(C)C)ccc1OCc1cccc(C)c1.Cl.Cl. The summed E-state index contributed by atoms with van der Waals surface area (Å²) in [5.41, 5.74) is 3.59. The molecule has 0 atom stereocenters. The Hall–Kier alpha value is -1.46. The summed E-state index contributed by atoms with van der Waals surface area (Å²) >= 11 is 0. The molecule has 0 bridgehead atoms. The highest BCUT2D eigenvalue weighted by Gasteiger charge is 2.06. The van der Waals surface area contributed by atoms with Crippen LogP contribution in [-0.4, -0.2) is 39.2 Å². The highest BCUT2D eigenvalue weighted by Crippen LogP contribution is 2.28. The molecule has 0 unspecified atom stereocenters. The average molecular weight is 401 g/mol. The van der Waals surface area contributed by atoms with Crippen molar-refractivity contribution < 1.29 is 9.47 Å². The van der Waals surface area contributed by atoms with Gasteiger partial charge in [0.1, 0.15) is 6.61 Å². The van der Waals surface area contributed by atoms with Crippen LogP contribution in [0.2, 0.25) is 0 Å². The minimum Gasteiger partial charge on any atom is -0.493 e. The summed E-state index contributed by atoms with van der Waals surface area (Å²) in [6.07, 6.45) is 0. The molecule has 0 aliphatic rings. The van der Waals surface area contributed by atoms with Crippen LogP contribution in [0.3, 0.4) is 0 Å². The number of nitrogens with one attached hydrogen (secondary N) is 1. The quantitative estimate of drug-likeness (QED) is 0.642. The molecular weight excluding hydrogens is 371 g/mol. The van der Waals surface area contributed by atoms with E-state index in [0.29, 0.717) is 6.61 Å². The molecule has 0 saturated carbocycles. The highest BCUT2D eigenvalue weighted by atomic mass is 35.5. The molecule has 0 aliphatic carbocycles. The second-order valence-corrected chi connectivity index (χ2v) is 6.24. The van der Waals surface area contributed by atoms with Gasteiger partial charge in [-0.05, 0) is 44.3 Å². The van der Waals surface area contributed by atoms with E-state index in [4.69, 9.17) is 9.47 Å². The lowest BCUT2D eigenvalue weighted by Crippen LogP contribution is -2.26. The van der Waals surface area contributed by atoms with Crippen LogP contribution in [0.1, 0.15) is 16.7 Å². The zero-order valence-electron chi connectivity index (χ0n) is 16.0. The van der Waals surface area contributed by atoms with Gasteiger partial charge >= 0.3 is 0 Å². The Bertz CT molecular complexity index is 651. The van der Waals surface area contributed by atoms with Crippen molar-refractivity contribution in [2.45, 2.75) is 20.1 Å². The topological polar surface area (TPSA) is 33.7 Å². The van der Waals surface area contributed by atoms with Crippen molar-refractivity contribution in [3.63, 3.8) is 0 Å². The van der Waals surface area contributed by atoms with Gasteiger partial charge in [-0.2, -0.15) is 0 Å². The van der Waals surface area contributed by atoms with Crippen LogP contribution in [0, 0.1) is 6.92 Å². The Balaban J connectivity index is 0.00000312. The van der Waals surface area contributed by atoms with E-state index >= 15 is 0 Å². The molecule has 0 aromatic heterocycles. The van der Waals surface area contributed by atoms with Gasteiger partial charge in [-0.1, -0.05) is 35.9 Å². The number of rotatable bonds is 9. The number of halogens is 2. The highest BCUT2D eigenvalue weighted by molar-refractivity contribution is 5.85. The maximum Gasteiger partial charge on any atom is 0.161 e. The average Bonchev–Trinajstić information content (AvgIpc) is 2.57. The van der Waals surface area contributed by atoms with Gasteiger partial charge in [0.05, 0.1) is 7.11 Å². The second kappa shape index (κ2) is 12.8. The lowest BCUT2D eigenvalue weighted by Gasteiger charge is -2.14. The summed E-state index contributed by atoms with van der Waals surface area (Å²) in [6.45, 7) is 5.43. The standard InChI is InChI=1S/C20H28N2O2.2ClH/c1-16-6-5-7-18(12-16)15-24-19-9-8-17(13-20(19)23-4)14-21-10-11-22(2)3;;/h5-9,12-13,21H,10-11,14-15H2,1-4H3;2*1H. The lowest BCUT2D eigenvalue weighted by molar-refractivity contribution is 0.284. The van der Waals surface area contributed by atoms with Crippen molar-refractivity contribution in [2.24, 2.45) is 0 Å². The Morgan fingerprint density at radius 2 is 1.73 bits per heavy atom. The summed E-state index contributed by atoms with van der Waals surface area (Å²) in [6, 6.07) is 14.4. The fraction of sp³-hybridized carbons (Fsp3) is 0.400. The molecule has 0 amide bonds. The first-order valence-electron chi connectivity index (χ1n) is 8.29. The van der Waals surface area contributed by atoms with E-state index in [1.807, 2.05) is 18.2 Å². The molecule has 0 fully saturated rings. The molecule has 0 radical (unpaired) electrons. The van der Waals surface area contributed by atoms with Crippen LogP contribution in [0.4, 0.5) is 0 Å². The number of ether oxygens (including phenoxy) is 2. The molecule has 26 heavy (non-hydrogen) atoms. The fourth-order valence-electron chi connectivity index (χ4n) is 2.44. The van der Waals surface area contributed by atoms with E-state index in [-0.39, 0.29) is 24.8 Å². The van der Waals surface area contributed by atoms with Gasteiger partial charge in [0, 0.05) is 19.6 Å². The minimum atomic E-state index is 0. The van der Waals surface area contributed by atoms with Crippen molar-refractivity contribution in [1.82, 2.24) is 10.2 Å². The Kier molecular flexibility index (Phi) is 12.1. The smallest absolute Gasteiger partial charge is 0.161 e. The van der Waals surface area contributed by atoms with Gasteiger partial charge in [-0.15, -0.1) is 24.8 Å². The molecule has 2 rings (SSSR count). The van der Waals surface area contributed by atoms with E-state index in [2.05, 4.69) is 55.5 Å². The van der Waals surface area contributed by atoms with E-state index in [1.54, 1.807) is 7.11 Å². The maximum atomic E-state index is 5.93. The third-order valence-corrected chi connectivity index (χ3v) is 3.77. The van der Waals surface area contributed by atoms with Crippen molar-refractivity contribution in [3.8, 4) is 11.5 Å². The molecule has 0 aliphatic heterocycles. The molecule has 2 aromatic rings. The van der Waals surface area contributed by atoms with Gasteiger partial charge < -0.3 is 19.7 Å². The zero-order chi connectivity index (χ0) is 17.4. The van der Waals surface area contributed by atoms with E-state index in [9.17, 15) is 0 Å². The first-order valence-corrected chi connectivity index (χ1v) is 8.29. The van der Waals surface area contributed by atoms with Crippen LogP contribution < -0.4 is 14.8 Å². The monoisotopic (exact) mass is 400 g/mol. The minimum absolute atomic E-state index is 0. The van der Waals surface area contributed by atoms with Crippen molar-refractivity contribution in [2.75, 3.05) is 34.3 Å². The molecule has 1 N–H and O–H groups in total. The van der Waals surface area contributed by atoms with E-state index in [0.717, 1.165) is 36.7 Å². The van der Waals surface area contributed by atoms with Crippen LogP contribution in [0.15, 0.2) is 42.5 Å². The lowest BCUT2D eigenvalue weighted by atomic mass is 10.1. The zero-order valence-corrected chi connectivity index (χ0v) is 17.6. The molecule has 4 nitrogen and oxygen atoms in total. The molecular formula is C20H30Cl2N2O2. The number of aryl methyl sites for hydroxylation is 1. The number of likely N-dealkylation sites (N-methyl/N-ethyl adjacent to an activating group) is 1. The summed E-state index contributed by atoms with van der Waals surface area (Å²) in [5.74, 6) is 1.55. The van der Waals surface area contributed by atoms with Gasteiger partial charge in [-0.3, -0.25) is 0 Å². The third kappa shape index (κ3) is 8.28. The Morgan fingerprint density at radius 1 is 0.962 bits per heavy atom. The van der Waals surface area contributed by atoms with Gasteiger partial charge in [0.2, 0.25) is 0 Å². The summed E-state index contributed by atoms with van der Waals surface area (Å²) in [4.78, 5) is 2.16. The number of benzene rings is 2. The molecule has 6 heteroatoms. The summed E-state index contributed by atoms with van der Waals surface area (Å²) < 4.78 is 11.4. The van der Waals surface area contributed by atoms with E-state index < -0.39 is 0 Å². The Labute approximate surface area is 169 Å². The van der Waals surface area contributed by atoms with Crippen molar-refractivity contribution >= 4 is 24.8 Å². The molecule has 0 saturated heterocycles. The maximum absolute atomic E-state index is 5.93. The van der Waals surface area contributed by atoms with Crippen LogP contribution in [-0.2, 0) is 13.2 Å². The number of nitrogens with zero attached hydrogens (tertiary/aromatic N) is 1. The normalized spacial score (nSPS) is 10.0. The molecule has 2 aromatic carbocycles. The first kappa shape index (κ1) is 24.5. The number of methoxy groups -OCH3 is 1. The van der Waals surface area contributed by atoms with Crippen LogP contribution >= 0.6 is 24.8 Å². The third-order valence-electron chi connectivity index (χ3n) is 3.77. The molecule has 0 heterocycles. The second-order valence-electron chi connectivity index (χ2n) is 6.24. The van der Waals surface area contributed by atoms with Gasteiger partial charge in [-0.25, -0.2) is 0 Å². The van der Waals surface area contributed by atoms with Crippen LogP contribution in [0.5, 0.6) is 11.5 Å². The van der Waals surface area contributed by atoms with Crippen LogP contribution in [0.25, 0.3) is 0 Å². The molecule has 146 valence electrons. The summed E-state index contributed by atoms with van der Waals surface area (Å²) in [7, 11) is 5.83. The number of hydrogen-bond acceptors (Lipinski definition) is 4.